The van der Waals surface area contributed by atoms with E-state index in [2.05, 4.69) is 5.32 Å². The molecule has 0 radical (unpaired) electrons. The van der Waals surface area contributed by atoms with Crippen LogP contribution in [-0.4, -0.2) is 31.7 Å². The summed E-state index contributed by atoms with van der Waals surface area (Å²) in [5.41, 5.74) is 1.29. The second-order valence-electron chi connectivity index (χ2n) is 7.25. The van der Waals surface area contributed by atoms with Gasteiger partial charge in [-0.1, -0.05) is 31.4 Å². The van der Waals surface area contributed by atoms with E-state index in [4.69, 9.17) is 0 Å². The van der Waals surface area contributed by atoms with Gasteiger partial charge in [0.05, 0.1) is 4.90 Å². The van der Waals surface area contributed by atoms with E-state index in [1.807, 2.05) is 0 Å². The number of nitrogens with one attached hydrogen (secondary N) is 1. The van der Waals surface area contributed by atoms with Crippen molar-refractivity contribution in [3.63, 3.8) is 0 Å². The summed E-state index contributed by atoms with van der Waals surface area (Å²) in [5, 5.41) is 2.65. The molecule has 0 heterocycles. The Hall–Kier alpha value is -2.25. The minimum absolute atomic E-state index is 0.00817. The minimum atomic E-state index is -3.69. The first-order valence-electron chi connectivity index (χ1n) is 9.44. The molecule has 0 atom stereocenters. The minimum Gasteiger partial charge on any atom is -0.322 e. The van der Waals surface area contributed by atoms with E-state index in [9.17, 15) is 17.6 Å². The van der Waals surface area contributed by atoms with Crippen LogP contribution in [0.5, 0.6) is 0 Å². The first kappa shape index (κ1) is 20.5. The maximum atomic E-state index is 13.4. The Morgan fingerprint density at radius 3 is 2.54 bits per heavy atom. The van der Waals surface area contributed by atoms with Crippen molar-refractivity contribution in [3.8, 4) is 0 Å². The monoisotopic (exact) mass is 404 g/mol. The summed E-state index contributed by atoms with van der Waals surface area (Å²) in [7, 11) is -2.08. The molecule has 2 aromatic carbocycles. The zero-order valence-electron chi connectivity index (χ0n) is 16.1. The van der Waals surface area contributed by atoms with Gasteiger partial charge in [0.2, 0.25) is 10.0 Å². The number of hydrogen-bond donors (Lipinski definition) is 1. The first-order chi connectivity index (χ1) is 13.3. The predicted octanol–water partition coefficient (Wildman–Crippen LogP) is 4.34. The Morgan fingerprint density at radius 1 is 1.11 bits per heavy atom. The number of halogens is 1. The van der Waals surface area contributed by atoms with Crippen LogP contribution in [0.2, 0.25) is 0 Å². The van der Waals surface area contributed by atoms with Crippen LogP contribution >= 0.6 is 0 Å². The summed E-state index contributed by atoms with van der Waals surface area (Å²) < 4.78 is 40.9. The predicted molar refractivity (Wildman–Crippen MR) is 107 cm³/mol. The molecule has 0 saturated heterocycles. The summed E-state index contributed by atoms with van der Waals surface area (Å²) in [6.45, 7) is 1.76. The lowest BCUT2D eigenvalue weighted by molar-refractivity contribution is 0.102. The number of aryl methyl sites for hydroxylation is 1. The molecule has 7 heteroatoms. The Kier molecular flexibility index (Phi) is 6.15. The fraction of sp³-hybridized carbons (Fsp3) is 0.381. The molecule has 1 amide bonds. The lowest BCUT2D eigenvalue weighted by Crippen LogP contribution is -2.38. The summed E-state index contributed by atoms with van der Waals surface area (Å²) in [6, 6.07) is 10.1. The molecule has 2 aromatic rings. The molecule has 28 heavy (non-hydrogen) atoms. The quantitative estimate of drug-likeness (QED) is 0.806. The highest BCUT2D eigenvalue weighted by atomic mass is 32.2. The third kappa shape index (κ3) is 4.42. The van der Waals surface area contributed by atoms with Crippen molar-refractivity contribution in [1.29, 1.82) is 0 Å². The normalized spacial score (nSPS) is 15.6. The van der Waals surface area contributed by atoms with E-state index in [0.717, 1.165) is 37.7 Å². The van der Waals surface area contributed by atoms with Crippen molar-refractivity contribution in [2.75, 3.05) is 12.4 Å². The fourth-order valence-corrected chi connectivity index (χ4v) is 4.99. The molecule has 0 spiro atoms. The second-order valence-corrected chi connectivity index (χ2v) is 9.25. The van der Waals surface area contributed by atoms with Crippen LogP contribution in [0.1, 0.15) is 48.0 Å². The molecule has 1 N–H and O–H groups in total. The topological polar surface area (TPSA) is 66.5 Å². The van der Waals surface area contributed by atoms with Gasteiger partial charge in [0.15, 0.2) is 0 Å². The molecule has 150 valence electrons. The highest BCUT2D eigenvalue weighted by molar-refractivity contribution is 7.89. The van der Waals surface area contributed by atoms with E-state index < -0.39 is 21.7 Å². The van der Waals surface area contributed by atoms with Crippen molar-refractivity contribution < 1.29 is 17.6 Å². The van der Waals surface area contributed by atoms with Gasteiger partial charge in [-0.2, -0.15) is 4.31 Å². The van der Waals surface area contributed by atoms with Gasteiger partial charge >= 0.3 is 0 Å². The van der Waals surface area contributed by atoms with Gasteiger partial charge in [-0.25, -0.2) is 12.8 Å². The van der Waals surface area contributed by atoms with Gasteiger partial charge in [-0.05, 0) is 55.7 Å². The lowest BCUT2D eigenvalue weighted by Gasteiger charge is -2.30. The van der Waals surface area contributed by atoms with Crippen molar-refractivity contribution in [1.82, 2.24) is 4.31 Å². The summed E-state index contributed by atoms with van der Waals surface area (Å²) in [4.78, 5) is 12.7. The van der Waals surface area contributed by atoms with E-state index in [1.54, 1.807) is 32.2 Å². The van der Waals surface area contributed by atoms with E-state index in [0.29, 0.717) is 5.69 Å². The standard InChI is InChI=1S/C21H25FN2O3S/c1-15-11-12-17(22)14-20(15)23-21(25)16-7-6-10-19(13-16)28(26,27)24(2)18-8-4-3-5-9-18/h6-7,10-14,18H,3-5,8-9H2,1-2H3,(H,23,25). The van der Waals surface area contributed by atoms with Crippen molar-refractivity contribution >= 4 is 21.6 Å². The zero-order chi connectivity index (χ0) is 20.3. The molecule has 3 rings (SSSR count). The first-order valence-corrected chi connectivity index (χ1v) is 10.9. The van der Waals surface area contributed by atoms with Gasteiger partial charge in [0.25, 0.3) is 5.91 Å². The highest BCUT2D eigenvalue weighted by Gasteiger charge is 2.29. The highest BCUT2D eigenvalue weighted by Crippen LogP contribution is 2.27. The van der Waals surface area contributed by atoms with Crippen LogP contribution in [0.3, 0.4) is 0 Å². The molecular formula is C21H25FN2O3S. The number of anilines is 1. The van der Waals surface area contributed by atoms with Crippen LogP contribution in [0, 0.1) is 12.7 Å². The molecule has 1 aliphatic carbocycles. The van der Waals surface area contributed by atoms with E-state index >= 15 is 0 Å². The fourth-order valence-electron chi connectivity index (χ4n) is 3.53. The number of hydrogen-bond acceptors (Lipinski definition) is 3. The van der Waals surface area contributed by atoms with Gasteiger partial charge in [0.1, 0.15) is 5.82 Å². The molecule has 0 bridgehead atoms. The van der Waals surface area contributed by atoms with Gasteiger partial charge in [0, 0.05) is 24.3 Å². The van der Waals surface area contributed by atoms with Crippen LogP contribution in [-0.2, 0) is 10.0 Å². The lowest BCUT2D eigenvalue weighted by atomic mass is 9.96. The molecule has 5 nitrogen and oxygen atoms in total. The zero-order valence-corrected chi connectivity index (χ0v) is 16.9. The molecule has 1 aliphatic rings. The summed E-state index contributed by atoms with van der Waals surface area (Å²) >= 11 is 0. The van der Waals surface area contributed by atoms with Crippen LogP contribution < -0.4 is 5.32 Å². The number of benzene rings is 2. The molecular weight excluding hydrogens is 379 g/mol. The summed E-state index contributed by atoms with van der Waals surface area (Å²) in [6.07, 6.45) is 4.91. The third-order valence-electron chi connectivity index (χ3n) is 5.31. The second kappa shape index (κ2) is 8.41. The number of nitrogens with zero attached hydrogens (tertiary/aromatic N) is 1. The largest absolute Gasteiger partial charge is 0.322 e. The Morgan fingerprint density at radius 2 is 1.82 bits per heavy atom. The van der Waals surface area contributed by atoms with E-state index in [-0.39, 0.29) is 16.5 Å². The SMILES string of the molecule is Cc1ccc(F)cc1NC(=O)c1cccc(S(=O)(=O)N(C)C2CCCCC2)c1. The average molecular weight is 405 g/mol. The average Bonchev–Trinajstić information content (AvgIpc) is 2.71. The number of sulfonamides is 1. The summed E-state index contributed by atoms with van der Waals surface area (Å²) in [5.74, 6) is -0.933. The number of carbonyl (C=O) groups is 1. The number of amides is 1. The maximum Gasteiger partial charge on any atom is 0.255 e. The van der Waals surface area contributed by atoms with Gasteiger partial charge in [-0.15, -0.1) is 0 Å². The van der Waals surface area contributed by atoms with Crippen molar-refractivity contribution in [2.24, 2.45) is 0 Å². The molecule has 0 aliphatic heterocycles. The van der Waals surface area contributed by atoms with Gasteiger partial charge < -0.3 is 5.32 Å². The Balaban J connectivity index is 1.82. The Bertz CT molecular complexity index is 969. The van der Waals surface area contributed by atoms with Crippen molar-refractivity contribution in [2.45, 2.75) is 50.0 Å². The number of carbonyl (C=O) groups excluding carboxylic acids is 1. The van der Waals surface area contributed by atoms with E-state index in [1.165, 1.54) is 28.6 Å². The maximum absolute atomic E-state index is 13.4. The Labute approximate surface area is 165 Å². The molecule has 0 unspecified atom stereocenters. The van der Waals surface area contributed by atoms with Gasteiger partial charge in [-0.3, -0.25) is 4.79 Å². The van der Waals surface area contributed by atoms with Crippen LogP contribution in [0.25, 0.3) is 0 Å². The van der Waals surface area contributed by atoms with Crippen LogP contribution in [0.15, 0.2) is 47.4 Å². The molecule has 1 fully saturated rings. The third-order valence-corrected chi connectivity index (χ3v) is 7.22. The molecule has 0 aromatic heterocycles. The molecule has 1 saturated carbocycles. The smallest absolute Gasteiger partial charge is 0.255 e. The van der Waals surface area contributed by atoms with Crippen LogP contribution in [0.4, 0.5) is 10.1 Å². The van der Waals surface area contributed by atoms with Crippen molar-refractivity contribution in [3.05, 3.63) is 59.4 Å². The number of rotatable bonds is 5.